The average molecular weight is 351 g/mol. The predicted octanol–water partition coefficient (Wildman–Crippen LogP) is 2.59. The van der Waals surface area contributed by atoms with E-state index in [1.807, 2.05) is 49.5 Å². The molecule has 0 radical (unpaired) electrons. The average Bonchev–Trinajstić information content (AvgIpc) is 3.31. The van der Waals surface area contributed by atoms with Crippen LogP contribution in [0.25, 0.3) is 10.8 Å². The van der Waals surface area contributed by atoms with Gasteiger partial charge in [0.2, 0.25) is 5.91 Å². The van der Waals surface area contributed by atoms with Crippen LogP contribution in [0.4, 0.5) is 5.95 Å². The summed E-state index contributed by atoms with van der Waals surface area (Å²) >= 11 is 0. The van der Waals surface area contributed by atoms with Gasteiger partial charge >= 0.3 is 0 Å². The molecule has 0 bridgehead atoms. The third-order valence-electron chi connectivity index (χ3n) is 4.78. The highest BCUT2D eigenvalue weighted by Gasteiger charge is 2.34. The summed E-state index contributed by atoms with van der Waals surface area (Å²) < 4.78 is 5.40. The molecule has 7 nitrogen and oxygen atoms in total. The van der Waals surface area contributed by atoms with Crippen molar-refractivity contribution in [1.29, 1.82) is 0 Å². The van der Waals surface area contributed by atoms with E-state index in [1.165, 1.54) is 0 Å². The van der Waals surface area contributed by atoms with Gasteiger partial charge in [0.1, 0.15) is 6.04 Å². The van der Waals surface area contributed by atoms with Gasteiger partial charge in [0, 0.05) is 38.4 Å². The predicted molar refractivity (Wildman–Crippen MR) is 97.8 cm³/mol. The van der Waals surface area contributed by atoms with Crippen LogP contribution in [0.15, 0.2) is 41.2 Å². The SMILES string of the molecule is CN(C)c1noc(C2CCCN2C(=O)Cc2cncc3ccccc23)n1. The van der Waals surface area contributed by atoms with Crippen LogP contribution in [-0.4, -0.2) is 46.6 Å². The molecule has 1 amide bonds. The maximum absolute atomic E-state index is 13.0. The van der Waals surface area contributed by atoms with Gasteiger partial charge in [0.05, 0.1) is 6.42 Å². The van der Waals surface area contributed by atoms with E-state index in [0.717, 1.165) is 29.2 Å². The monoisotopic (exact) mass is 351 g/mol. The first-order valence-electron chi connectivity index (χ1n) is 8.75. The lowest BCUT2D eigenvalue weighted by molar-refractivity contribution is -0.131. The minimum atomic E-state index is -0.147. The number of anilines is 1. The molecule has 26 heavy (non-hydrogen) atoms. The molecule has 1 aliphatic heterocycles. The lowest BCUT2D eigenvalue weighted by atomic mass is 10.0. The van der Waals surface area contributed by atoms with E-state index >= 15 is 0 Å². The van der Waals surface area contributed by atoms with E-state index < -0.39 is 0 Å². The van der Waals surface area contributed by atoms with E-state index in [4.69, 9.17) is 4.52 Å². The molecular formula is C19H21N5O2. The lowest BCUT2D eigenvalue weighted by Crippen LogP contribution is -2.32. The molecule has 0 aliphatic carbocycles. The standard InChI is InChI=1S/C19H21N5O2/c1-23(2)19-21-18(26-22-19)16-8-5-9-24(16)17(25)10-14-12-20-11-13-6-3-4-7-15(13)14/h3-4,6-7,11-12,16H,5,8-10H2,1-2H3. The van der Waals surface area contributed by atoms with Crippen LogP contribution in [0, 0.1) is 0 Å². The van der Waals surface area contributed by atoms with Crippen molar-refractivity contribution in [2.75, 3.05) is 25.5 Å². The van der Waals surface area contributed by atoms with Crippen LogP contribution in [0.1, 0.15) is 30.3 Å². The largest absolute Gasteiger partial charge is 0.344 e. The molecule has 1 aliphatic rings. The van der Waals surface area contributed by atoms with Crippen molar-refractivity contribution >= 4 is 22.6 Å². The van der Waals surface area contributed by atoms with Crippen LogP contribution in [0.3, 0.4) is 0 Å². The van der Waals surface area contributed by atoms with E-state index in [9.17, 15) is 4.79 Å². The number of likely N-dealkylation sites (tertiary alicyclic amines) is 1. The number of rotatable bonds is 4. The second-order valence-electron chi connectivity index (χ2n) is 6.77. The van der Waals surface area contributed by atoms with Gasteiger partial charge in [0.15, 0.2) is 0 Å². The Bertz CT molecular complexity index is 931. The fourth-order valence-electron chi connectivity index (χ4n) is 3.45. The first-order chi connectivity index (χ1) is 12.6. The minimum absolute atomic E-state index is 0.0651. The van der Waals surface area contributed by atoms with Crippen LogP contribution in [-0.2, 0) is 11.2 Å². The molecule has 3 heterocycles. The molecule has 0 N–H and O–H groups in total. The molecule has 1 aromatic carbocycles. The highest BCUT2D eigenvalue weighted by molar-refractivity contribution is 5.89. The number of hydrogen-bond acceptors (Lipinski definition) is 6. The first kappa shape index (κ1) is 16.5. The quantitative estimate of drug-likeness (QED) is 0.719. The maximum atomic E-state index is 13.0. The third-order valence-corrected chi connectivity index (χ3v) is 4.78. The smallest absolute Gasteiger partial charge is 0.265 e. The second kappa shape index (κ2) is 6.74. The van der Waals surface area contributed by atoms with Gasteiger partial charge in [-0.1, -0.05) is 24.3 Å². The Morgan fingerprint density at radius 1 is 1.31 bits per heavy atom. The molecule has 7 heteroatoms. The summed E-state index contributed by atoms with van der Waals surface area (Å²) in [5.74, 6) is 1.10. The van der Waals surface area contributed by atoms with Crippen molar-refractivity contribution in [1.82, 2.24) is 20.0 Å². The summed E-state index contributed by atoms with van der Waals surface area (Å²) in [6.45, 7) is 0.710. The third kappa shape index (κ3) is 3.00. The number of aromatic nitrogens is 3. The molecule has 0 saturated carbocycles. The summed E-state index contributed by atoms with van der Waals surface area (Å²) in [5.41, 5.74) is 0.943. The van der Waals surface area contributed by atoms with E-state index in [0.29, 0.717) is 24.8 Å². The van der Waals surface area contributed by atoms with E-state index in [2.05, 4.69) is 15.1 Å². The fourth-order valence-corrected chi connectivity index (χ4v) is 3.45. The van der Waals surface area contributed by atoms with Gasteiger partial charge in [-0.3, -0.25) is 9.78 Å². The number of carbonyl (C=O) groups excluding carboxylic acids is 1. The Morgan fingerprint density at radius 2 is 2.15 bits per heavy atom. The highest BCUT2D eigenvalue weighted by atomic mass is 16.5. The van der Waals surface area contributed by atoms with Crippen molar-refractivity contribution in [3.8, 4) is 0 Å². The number of amides is 1. The topological polar surface area (TPSA) is 75.4 Å². The Labute approximate surface area is 151 Å². The summed E-state index contributed by atoms with van der Waals surface area (Å²) in [6.07, 6.45) is 5.70. The maximum Gasteiger partial charge on any atom is 0.265 e. The van der Waals surface area contributed by atoms with Crippen LogP contribution < -0.4 is 4.90 Å². The molecular weight excluding hydrogens is 330 g/mol. The summed E-state index contributed by atoms with van der Waals surface area (Å²) in [6, 6.07) is 7.85. The number of pyridine rings is 1. The Morgan fingerprint density at radius 3 is 2.96 bits per heavy atom. The number of carbonyl (C=O) groups is 1. The van der Waals surface area contributed by atoms with Crippen molar-refractivity contribution in [3.05, 3.63) is 48.1 Å². The summed E-state index contributed by atoms with van der Waals surface area (Å²) in [4.78, 5) is 25.3. The van der Waals surface area contributed by atoms with Gasteiger partial charge in [-0.15, -0.1) is 0 Å². The molecule has 0 spiro atoms. The lowest BCUT2D eigenvalue weighted by Gasteiger charge is -2.22. The Hall–Kier alpha value is -2.96. The van der Waals surface area contributed by atoms with Gasteiger partial charge in [0.25, 0.3) is 11.8 Å². The highest BCUT2D eigenvalue weighted by Crippen LogP contribution is 2.32. The normalized spacial score (nSPS) is 17.0. The minimum Gasteiger partial charge on any atom is -0.344 e. The van der Waals surface area contributed by atoms with Gasteiger partial charge in [-0.05, 0) is 28.9 Å². The zero-order valence-corrected chi connectivity index (χ0v) is 14.9. The van der Waals surface area contributed by atoms with Gasteiger partial charge in [-0.25, -0.2) is 0 Å². The number of fused-ring (bicyclic) bond motifs is 1. The van der Waals surface area contributed by atoms with E-state index in [-0.39, 0.29) is 11.9 Å². The molecule has 1 saturated heterocycles. The van der Waals surface area contributed by atoms with Crippen LogP contribution in [0.2, 0.25) is 0 Å². The van der Waals surface area contributed by atoms with Crippen molar-refractivity contribution < 1.29 is 9.32 Å². The van der Waals surface area contributed by atoms with Crippen LogP contribution in [0.5, 0.6) is 0 Å². The number of benzene rings is 1. The Kier molecular flexibility index (Phi) is 4.28. The van der Waals surface area contributed by atoms with E-state index in [1.54, 1.807) is 11.1 Å². The fraction of sp³-hybridized carbons (Fsp3) is 0.368. The summed E-state index contributed by atoms with van der Waals surface area (Å²) in [7, 11) is 3.72. The van der Waals surface area contributed by atoms with Gasteiger partial charge < -0.3 is 14.3 Å². The molecule has 1 atom stereocenters. The second-order valence-corrected chi connectivity index (χ2v) is 6.77. The van der Waals surface area contributed by atoms with Crippen LogP contribution >= 0.6 is 0 Å². The molecule has 1 fully saturated rings. The van der Waals surface area contributed by atoms with Crippen molar-refractivity contribution in [3.63, 3.8) is 0 Å². The van der Waals surface area contributed by atoms with Gasteiger partial charge in [-0.2, -0.15) is 4.98 Å². The van der Waals surface area contributed by atoms with Crippen molar-refractivity contribution in [2.45, 2.75) is 25.3 Å². The zero-order chi connectivity index (χ0) is 18.1. The molecule has 2 aromatic heterocycles. The number of hydrogen-bond donors (Lipinski definition) is 0. The molecule has 1 unspecified atom stereocenters. The molecule has 3 aromatic rings. The zero-order valence-electron chi connectivity index (χ0n) is 14.9. The first-order valence-corrected chi connectivity index (χ1v) is 8.75. The number of nitrogens with zero attached hydrogens (tertiary/aromatic N) is 5. The Balaban J connectivity index is 1.56. The molecule has 4 rings (SSSR count). The van der Waals surface area contributed by atoms with Crippen molar-refractivity contribution in [2.24, 2.45) is 0 Å². The molecule has 134 valence electrons. The summed E-state index contributed by atoms with van der Waals surface area (Å²) in [5, 5.41) is 6.08.